The standard InChI is InChI=1S/C18H28N2/c1-15-7-6-8-16(13-15)14-17(19)18(9-2-3-10-18)20-11-4-5-12-20/h6-8,13,17H,2-5,9-12,14,19H2,1H3. The minimum atomic E-state index is 0.282. The number of nitrogens with zero attached hydrogens (tertiary/aromatic N) is 1. The highest BCUT2D eigenvalue weighted by molar-refractivity contribution is 5.24. The van der Waals surface area contributed by atoms with Crippen molar-refractivity contribution in [1.82, 2.24) is 4.90 Å². The number of benzene rings is 1. The second kappa shape index (κ2) is 5.87. The van der Waals surface area contributed by atoms with E-state index in [1.54, 1.807) is 0 Å². The maximum Gasteiger partial charge on any atom is 0.0363 e. The lowest BCUT2D eigenvalue weighted by Gasteiger charge is -2.43. The third kappa shape index (κ3) is 2.64. The lowest BCUT2D eigenvalue weighted by Crippen LogP contribution is -2.58. The molecule has 1 saturated heterocycles. The molecule has 0 aromatic heterocycles. The molecule has 20 heavy (non-hydrogen) atoms. The maximum atomic E-state index is 6.73. The summed E-state index contributed by atoms with van der Waals surface area (Å²) in [7, 11) is 0. The van der Waals surface area contributed by atoms with E-state index in [9.17, 15) is 0 Å². The second-order valence-electron chi connectivity index (χ2n) is 6.80. The predicted octanol–water partition coefficient (Wildman–Crippen LogP) is 3.27. The van der Waals surface area contributed by atoms with Crippen molar-refractivity contribution in [3.63, 3.8) is 0 Å². The van der Waals surface area contributed by atoms with Gasteiger partial charge in [-0.2, -0.15) is 0 Å². The molecular formula is C18H28N2. The van der Waals surface area contributed by atoms with Crippen LogP contribution in [0.1, 0.15) is 49.7 Å². The summed E-state index contributed by atoms with van der Waals surface area (Å²) < 4.78 is 0. The van der Waals surface area contributed by atoms with Gasteiger partial charge in [-0.05, 0) is 57.7 Å². The molecular weight excluding hydrogens is 244 g/mol. The van der Waals surface area contributed by atoms with E-state index in [0.29, 0.717) is 5.54 Å². The molecule has 1 aliphatic heterocycles. The first-order valence-electron chi connectivity index (χ1n) is 8.27. The SMILES string of the molecule is Cc1cccc(CC(N)C2(N3CCCC3)CCCC2)c1. The van der Waals surface area contributed by atoms with E-state index in [1.807, 2.05) is 0 Å². The van der Waals surface area contributed by atoms with Crippen molar-refractivity contribution in [3.8, 4) is 0 Å². The Morgan fingerprint density at radius 1 is 1.15 bits per heavy atom. The van der Waals surface area contributed by atoms with E-state index in [-0.39, 0.29) is 6.04 Å². The van der Waals surface area contributed by atoms with Gasteiger partial charge in [0.1, 0.15) is 0 Å². The number of nitrogens with two attached hydrogens (primary N) is 1. The first kappa shape index (κ1) is 14.1. The molecule has 0 bridgehead atoms. The van der Waals surface area contributed by atoms with Crippen LogP contribution in [0.3, 0.4) is 0 Å². The Morgan fingerprint density at radius 2 is 1.85 bits per heavy atom. The van der Waals surface area contributed by atoms with Crippen LogP contribution in [0.15, 0.2) is 24.3 Å². The fourth-order valence-corrected chi connectivity index (χ4v) is 4.35. The van der Waals surface area contributed by atoms with Gasteiger partial charge in [0.15, 0.2) is 0 Å². The van der Waals surface area contributed by atoms with E-state index in [2.05, 4.69) is 36.1 Å². The Kier molecular flexibility index (Phi) is 4.13. The average Bonchev–Trinajstić information content (AvgIpc) is 3.11. The third-order valence-corrected chi connectivity index (χ3v) is 5.43. The predicted molar refractivity (Wildman–Crippen MR) is 84.9 cm³/mol. The van der Waals surface area contributed by atoms with Crippen molar-refractivity contribution < 1.29 is 0 Å². The lowest BCUT2D eigenvalue weighted by atomic mass is 9.83. The zero-order valence-corrected chi connectivity index (χ0v) is 12.8. The Morgan fingerprint density at radius 3 is 2.50 bits per heavy atom. The van der Waals surface area contributed by atoms with Crippen LogP contribution in [0.2, 0.25) is 0 Å². The van der Waals surface area contributed by atoms with E-state index < -0.39 is 0 Å². The van der Waals surface area contributed by atoms with Crippen molar-refractivity contribution in [2.45, 2.75) is 63.5 Å². The third-order valence-electron chi connectivity index (χ3n) is 5.43. The Hall–Kier alpha value is -0.860. The molecule has 1 aromatic rings. The summed E-state index contributed by atoms with van der Waals surface area (Å²) in [6.45, 7) is 4.70. The molecule has 1 aromatic carbocycles. The summed E-state index contributed by atoms with van der Waals surface area (Å²) in [6.07, 6.45) is 9.08. The average molecular weight is 272 g/mol. The summed E-state index contributed by atoms with van der Waals surface area (Å²) in [4.78, 5) is 2.72. The molecule has 0 radical (unpaired) electrons. The number of rotatable bonds is 4. The highest BCUT2D eigenvalue weighted by Gasteiger charge is 2.44. The van der Waals surface area contributed by atoms with Gasteiger partial charge in [-0.3, -0.25) is 4.90 Å². The lowest BCUT2D eigenvalue weighted by molar-refractivity contribution is 0.0921. The van der Waals surface area contributed by atoms with Crippen molar-refractivity contribution >= 4 is 0 Å². The van der Waals surface area contributed by atoms with Crippen LogP contribution in [0.25, 0.3) is 0 Å². The quantitative estimate of drug-likeness (QED) is 0.911. The van der Waals surface area contributed by atoms with Gasteiger partial charge in [-0.25, -0.2) is 0 Å². The zero-order chi connectivity index (χ0) is 14.0. The molecule has 2 aliphatic rings. The van der Waals surface area contributed by atoms with Crippen LogP contribution in [-0.2, 0) is 6.42 Å². The summed E-state index contributed by atoms with van der Waals surface area (Å²) >= 11 is 0. The largest absolute Gasteiger partial charge is 0.326 e. The second-order valence-corrected chi connectivity index (χ2v) is 6.80. The van der Waals surface area contributed by atoms with Crippen molar-refractivity contribution in [3.05, 3.63) is 35.4 Å². The monoisotopic (exact) mass is 272 g/mol. The van der Waals surface area contributed by atoms with Gasteiger partial charge in [0.05, 0.1) is 0 Å². The summed E-state index contributed by atoms with van der Waals surface area (Å²) in [6, 6.07) is 9.14. The molecule has 1 heterocycles. The Balaban J connectivity index is 1.77. The van der Waals surface area contributed by atoms with Crippen LogP contribution >= 0.6 is 0 Å². The number of hydrogen-bond donors (Lipinski definition) is 1. The van der Waals surface area contributed by atoms with Gasteiger partial charge in [-0.1, -0.05) is 42.7 Å². The van der Waals surface area contributed by atoms with Crippen LogP contribution < -0.4 is 5.73 Å². The number of likely N-dealkylation sites (tertiary alicyclic amines) is 1. The normalized spacial score (nSPS) is 24.1. The van der Waals surface area contributed by atoms with E-state index in [4.69, 9.17) is 5.73 Å². The van der Waals surface area contributed by atoms with E-state index in [0.717, 1.165) is 6.42 Å². The fraction of sp³-hybridized carbons (Fsp3) is 0.667. The maximum absolute atomic E-state index is 6.73. The molecule has 1 unspecified atom stereocenters. The van der Waals surface area contributed by atoms with Gasteiger partial charge in [0.2, 0.25) is 0 Å². The minimum absolute atomic E-state index is 0.282. The number of hydrogen-bond acceptors (Lipinski definition) is 2. The molecule has 3 rings (SSSR count). The van der Waals surface area contributed by atoms with Gasteiger partial charge in [-0.15, -0.1) is 0 Å². The number of aryl methyl sites for hydroxylation is 1. The smallest absolute Gasteiger partial charge is 0.0363 e. The van der Waals surface area contributed by atoms with Crippen LogP contribution in [-0.4, -0.2) is 29.6 Å². The molecule has 2 nitrogen and oxygen atoms in total. The van der Waals surface area contributed by atoms with Gasteiger partial charge >= 0.3 is 0 Å². The minimum Gasteiger partial charge on any atom is -0.326 e. The van der Waals surface area contributed by atoms with Crippen molar-refractivity contribution in [2.24, 2.45) is 5.73 Å². The van der Waals surface area contributed by atoms with Crippen LogP contribution in [0, 0.1) is 6.92 Å². The van der Waals surface area contributed by atoms with Gasteiger partial charge < -0.3 is 5.73 Å². The molecule has 0 amide bonds. The molecule has 1 aliphatic carbocycles. The summed E-state index contributed by atoms with van der Waals surface area (Å²) in [5.41, 5.74) is 9.78. The molecule has 2 N–H and O–H groups in total. The van der Waals surface area contributed by atoms with E-state index >= 15 is 0 Å². The Labute approximate surface area is 123 Å². The van der Waals surface area contributed by atoms with Crippen molar-refractivity contribution in [1.29, 1.82) is 0 Å². The fourth-order valence-electron chi connectivity index (χ4n) is 4.35. The zero-order valence-electron chi connectivity index (χ0n) is 12.8. The molecule has 0 spiro atoms. The molecule has 2 heteroatoms. The van der Waals surface area contributed by atoms with Crippen LogP contribution in [0.4, 0.5) is 0 Å². The van der Waals surface area contributed by atoms with Gasteiger partial charge in [0, 0.05) is 11.6 Å². The first-order valence-corrected chi connectivity index (χ1v) is 8.27. The van der Waals surface area contributed by atoms with Gasteiger partial charge in [0.25, 0.3) is 0 Å². The Bertz CT molecular complexity index is 442. The molecule has 1 saturated carbocycles. The molecule has 110 valence electrons. The summed E-state index contributed by atoms with van der Waals surface area (Å²) in [5, 5.41) is 0. The first-order chi connectivity index (χ1) is 9.71. The van der Waals surface area contributed by atoms with Crippen molar-refractivity contribution in [2.75, 3.05) is 13.1 Å². The highest BCUT2D eigenvalue weighted by atomic mass is 15.2. The topological polar surface area (TPSA) is 29.3 Å². The highest BCUT2D eigenvalue weighted by Crippen LogP contribution is 2.40. The molecule has 1 atom stereocenters. The van der Waals surface area contributed by atoms with Crippen LogP contribution in [0.5, 0.6) is 0 Å². The summed E-state index contributed by atoms with van der Waals surface area (Å²) in [5.74, 6) is 0. The van der Waals surface area contributed by atoms with E-state index in [1.165, 1.54) is 62.7 Å². The molecule has 2 fully saturated rings.